The zero-order valence-corrected chi connectivity index (χ0v) is 15.4. The maximum atomic E-state index is 12.8. The van der Waals surface area contributed by atoms with Gasteiger partial charge >= 0.3 is 7.60 Å². The van der Waals surface area contributed by atoms with Crippen LogP contribution in [0.3, 0.4) is 0 Å². The highest BCUT2D eigenvalue weighted by molar-refractivity contribution is 7.53. The topological polar surface area (TPSA) is 58.6 Å². The van der Waals surface area contributed by atoms with E-state index in [0.717, 1.165) is 11.1 Å². The fourth-order valence-electron chi connectivity index (χ4n) is 2.95. The van der Waals surface area contributed by atoms with Gasteiger partial charge in [-0.05, 0) is 16.7 Å². The zero-order valence-electron chi connectivity index (χ0n) is 14.5. The van der Waals surface area contributed by atoms with Crippen molar-refractivity contribution in [3.8, 4) is 0 Å². The van der Waals surface area contributed by atoms with Crippen molar-refractivity contribution in [2.75, 3.05) is 7.11 Å². The summed E-state index contributed by atoms with van der Waals surface area (Å²) in [7, 11) is -2.65. The summed E-state index contributed by atoms with van der Waals surface area (Å²) in [6, 6.07) is 28.7. The fraction of sp³-hybridized carbons (Fsp3) is 0.143. The minimum Gasteiger partial charge on any atom is -0.323 e. The Hall–Kier alpha value is -2.23. The molecule has 4 nitrogen and oxygen atoms in total. The van der Waals surface area contributed by atoms with Crippen molar-refractivity contribution in [3.63, 3.8) is 0 Å². The lowest BCUT2D eigenvalue weighted by Crippen LogP contribution is -2.28. The molecule has 0 aliphatic carbocycles. The summed E-state index contributed by atoms with van der Waals surface area (Å²) in [5.74, 6) is -0.848. The molecule has 0 heterocycles. The van der Waals surface area contributed by atoms with Gasteiger partial charge in [-0.1, -0.05) is 91.0 Å². The van der Waals surface area contributed by atoms with Crippen LogP contribution < -0.4 is 5.32 Å². The molecule has 0 aromatic heterocycles. The van der Waals surface area contributed by atoms with Gasteiger partial charge < -0.3 is 9.42 Å². The van der Waals surface area contributed by atoms with Crippen LogP contribution >= 0.6 is 7.60 Å². The highest BCUT2D eigenvalue weighted by atomic mass is 31.2. The van der Waals surface area contributed by atoms with Crippen LogP contribution in [0.25, 0.3) is 0 Å². The quantitative estimate of drug-likeness (QED) is 0.584. The van der Waals surface area contributed by atoms with E-state index in [2.05, 4.69) is 5.32 Å². The van der Waals surface area contributed by atoms with E-state index in [-0.39, 0.29) is 6.04 Å². The van der Waals surface area contributed by atoms with E-state index in [4.69, 9.17) is 4.52 Å². The van der Waals surface area contributed by atoms with Crippen molar-refractivity contribution in [1.82, 2.24) is 5.32 Å². The van der Waals surface area contributed by atoms with E-state index in [9.17, 15) is 9.46 Å². The second-order valence-corrected chi connectivity index (χ2v) is 7.99. The van der Waals surface area contributed by atoms with Crippen LogP contribution in [0.5, 0.6) is 0 Å². The van der Waals surface area contributed by atoms with Gasteiger partial charge in [-0.25, -0.2) is 0 Å². The monoisotopic (exact) mass is 367 g/mol. The normalized spacial score (nSPS) is 14.7. The lowest BCUT2D eigenvalue weighted by molar-refractivity contribution is 0.293. The minimum atomic E-state index is -3.91. The summed E-state index contributed by atoms with van der Waals surface area (Å²) in [6.07, 6.45) is 0. The van der Waals surface area contributed by atoms with Crippen molar-refractivity contribution in [2.45, 2.75) is 11.8 Å². The number of rotatable bonds is 7. The van der Waals surface area contributed by atoms with Crippen molar-refractivity contribution in [1.29, 1.82) is 0 Å². The molecule has 0 fully saturated rings. The lowest BCUT2D eigenvalue weighted by Gasteiger charge is -2.29. The molecule has 0 aliphatic rings. The van der Waals surface area contributed by atoms with Crippen LogP contribution in [0.4, 0.5) is 0 Å². The number of nitrogens with one attached hydrogen (secondary N) is 1. The molecular formula is C21H22NO3P. The third-order valence-electron chi connectivity index (χ3n) is 4.29. The number of hydrogen-bond acceptors (Lipinski definition) is 3. The van der Waals surface area contributed by atoms with E-state index in [1.165, 1.54) is 7.11 Å². The molecule has 1 unspecified atom stereocenters. The van der Waals surface area contributed by atoms with E-state index in [1.54, 1.807) is 0 Å². The summed E-state index contributed by atoms with van der Waals surface area (Å²) in [6.45, 7) is 0. The van der Waals surface area contributed by atoms with E-state index in [1.807, 2.05) is 91.0 Å². The van der Waals surface area contributed by atoms with E-state index in [0.29, 0.717) is 5.56 Å². The molecule has 3 aromatic rings. The van der Waals surface area contributed by atoms with Gasteiger partial charge in [0.2, 0.25) is 0 Å². The SMILES string of the molecule is COP(=O)(O)[C@@H](NC(c1ccccc1)c1ccccc1)c1ccccc1. The molecular weight excluding hydrogens is 345 g/mol. The van der Waals surface area contributed by atoms with Gasteiger partial charge in [0.05, 0.1) is 6.04 Å². The van der Waals surface area contributed by atoms with Crippen molar-refractivity contribution >= 4 is 7.60 Å². The Morgan fingerprint density at radius 1 is 0.769 bits per heavy atom. The zero-order chi connectivity index (χ0) is 18.4. The molecule has 0 saturated heterocycles. The van der Waals surface area contributed by atoms with Gasteiger partial charge in [0.1, 0.15) is 5.78 Å². The standard InChI is InChI=1S/C21H22NO3P/c1-25-26(23,24)21(19-15-9-4-10-16-19)22-20(17-11-5-2-6-12-17)18-13-7-3-8-14-18/h2-16,20-22H,1H3,(H,23,24)/t21-/m1/s1. The Kier molecular flexibility index (Phi) is 6.02. The first-order valence-electron chi connectivity index (χ1n) is 8.41. The highest BCUT2D eigenvalue weighted by Crippen LogP contribution is 2.55. The summed E-state index contributed by atoms with van der Waals surface area (Å²) in [5, 5.41) is 3.36. The third-order valence-corrected chi connectivity index (χ3v) is 5.92. The van der Waals surface area contributed by atoms with Gasteiger partial charge in [0.15, 0.2) is 0 Å². The first kappa shape index (κ1) is 18.6. The fourth-order valence-corrected chi connectivity index (χ4v) is 4.05. The molecule has 0 amide bonds. The second-order valence-electron chi connectivity index (χ2n) is 5.98. The Bertz CT molecular complexity index is 817. The summed E-state index contributed by atoms with van der Waals surface area (Å²) in [5.41, 5.74) is 2.73. The van der Waals surface area contributed by atoms with Crippen LogP contribution in [0, 0.1) is 0 Å². The molecule has 3 rings (SSSR count). The van der Waals surface area contributed by atoms with Crippen LogP contribution in [0.2, 0.25) is 0 Å². The molecule has 26 heavy (non-hydrogen) atoms. The second kappa shape index (κ2) is 8.43. The summed E-state index contributed by atoms with van der Waals surface area (Å²) < 4.78 is 17.7. The van der Waals surface area contributed by atoms with Crippen LogP contribution in [-0.4, -0.2) is 12.0 Å². The van der Waals surface area contributed by atoms with Gasteiger partial charge in [-0.3, -0.25) is 9.88 Å². The largest absolute Gasteiger partial charge is 0.349 e. The number of benzene rings is 3. The van der Waals surface area contributed by atoms with Crippen molar-refractivity contribution in [2.24, 2.45) is 0 Å². The molecule has 5 heteroatoms. The number of hydrogen-bond donors (Lipinski definition) is 2. The van der Waals surface area contributed by atoms with Gasteiger partial charge in [-0.2, -0.15) is 0 Å². The molecule has 3 aromatic carbocycles. The molecule has 0 spiro atoms. The third kappa shape index (κ3) is 4.29. The van der Waals surface area contributed by atoms with Gasteiger partial charge in [0.25, 0.3) is 0 Å². The first-order valence-corrected chi connectivity index (χ1v) is 10.1. The molecule has 2 atom stereocenters. The Morgan fingerprint density at radius 3 is 1.54 bits per heavy atom. The molecule has 0 aliphatic heterocycles. The minimum absolute atomic E-state index is 0.252. The maximum Gasteiger partial charge on any atom is 0.349 e. The van der Waals surface area contributed by atoms with Crippen molar-refractivity contribution in [3.05, 3.63) is 108 Å². The van der Waals surface area contributed by atoms with Gasteiger partial charge in [0, 0.05) is 7.11 Å². The summed E-state index contributed by atoms with van der Waals surface area (Å²) in [4.78, 5) is 10.4. The van der Waals surface area contributed by atoms with Crippen LogP contribution in [0.15, 0.2) is 91.0 Å². The molecule has 2 N–H and O–H groups in total. The molecule has 0 bridgehead atoms. The maximum absolute atomic E-state index is 12.8. The first-order chi connectivity index (χ1) is 12.6. The van der Waals surface area contributed by atoms with Gasteiger partial charge in [-0.15, -0.1) is 0 Å². The Morgan fingerprint density at radius 2 is 1.15 bits per heavy atom. The Labute approximate surface area is 154 Å². The van der Waals surface area contributed by atoms with Crippen molar-refractivity contribution < 1.29 is 14.0 Å². The Balaban J connectivity index is 2.04. The predicted octanol–water partition coefficient (Wildman–Crippen LogP) is 4.90. The lowest BCUT2D eigenvalue weighted by atomic mass is 9.98. The molecule has 0 radical (unpaired) electrons. The average Bonchev–Trinajstić information content (AvgIpc) is 2.70. The smallest absolute Gasteiger partial charge is 0.323 e. The van der Waals surface area contributed by atoms with Crippen LogP contribution in [0.1, 0.15) is 28.5 Å². The predicted molar refractivity (Wildman–Crippen MR) is 104 cm³/mol. The molecule has 0 saturated carbocycles. The summed E-state index contributed by atoms with van der Waals surface area (Å²) >= 11 is 0. The highest BCUT2D eigenvalue weighted by Gasteiger charge is 2.35. The van der Waals surface area contributed by atoms with Crippen LogP contribution in [-0.2, 0) is 9.09 Å². The van der Waals surface area contributed by atoms with E-state index < -0.39 is 13.4 Å². The van der Waals surface area contributed by atoms with E-state index >= 15 is 0 Å². The average molecular weight is 367 g/mol. The molecule has 134 valence electrons.